The Bertz CT molecular complexity index is 316. The minimum Gasteiger partial charge on any atom is -0.353 e. The number of rotatable bonds is 2. The van der Waals surface area contributed by atoms with Gasteiger partial charge in [-0.25, -0.2) is 0 Å². The van der Waals surface area contributed by atoms with E-state index in [1.165, 1.54) is 38.5 Å². The largest absolute Gasteiger partial charge is 0.353 e. The maximum absolute atomic E-state index is 12.4. The van der Waals surface area contributed by atoms with Crippen LogP contribution in [0.3, 0.4) is 0 Å². The topological polar surface area (TPSA) is 55.1 Å². The Morgan fingerprint density at radius 1 is 0.900 bits per heavy atom. The van der Waals surface area contributed by atoms with Gasteiger partial charge in [-0.1, -0.05) is 25.7 Å². The summed E-state index contributed by atoms with van der Waals surface area (Å²) in [5.41, 5.74) is 6.15. The highest BCUT2D eigenvalue weighted by Gasteiger charge is 2.40. The third kappa shape index (κ3) is 3.48. The molecule has 20 heavy (non-hydrogen) atoms. The van der Waals surface area contributed by atoms with Gasteiger partial charge in [0.05, 0.1) is 0 Å². The lowest BCUT2D eigenvalue weighted by Gasteiger charge is -2.45. The van der Waals surface area contributed by atoms with Gasteiger partial charge in [-0.3, -0.25) is 4.79 Å². The lowest BCUT2D eigenvalue weighted by atomic mass is 9.67. The molecule has 2 atom stereocenters. The summed E-state index contributed by atoms with van der Waals surface area (Å²) in [7, 11) is 0. The molecule has 3 saturated carbocycles. The molecule has 1 amide bonds. The van der Waals surface area contributed by atoms with E-state index in [2.05, 4.69) is 5.32 Å². The molecule has 4 heteroatoms. The summed E-state index contributed by atoms with van der Waals surface area (Å²) < 4.78 is 0. The Kier molecular flexibility index (Phi) is 5.74. The van der Waals surface area contributed by atoms with Crippen LogP contribution in [0, 0.1) is 17.8 Å². The van der Waals surface area contributed by atoms with E-state index >= 15 is 0 Å². The van der Waals surface area contributed by atoms with Gasteiger partial charge < -0.3 is 11.1 Å². The first-order valence-corrected chi connectivity index (χ1v) is 8.30. The number of carbonyl (C=O) groups is 1. The fourth-order valence-corrected chi connectivity index (χ4v) is 4.67. The number of amides is 1. The standard InChI is InChI=1S/C16H28N2O.ClH/c17-14-9-12-7-4-8-13(10-14)15(12)18-16(19)11-5-2-1-3-6-11;/h11-15H,1-10,17H2,(H,18,19);1H. The van der Waals surface area contributed by atoms with Crippen LogP contribution in [0.25, 0.3) is 0 Å². The molecule has 0 saturated heterocycles. The van der Waals surface area contributed by atoms with Crippen molar-refractivity contribution in [2.45, 2.75) is 76.3 Å². The highest BCUT2D eigenvalue weighted by atomic mass is 35.5. The summed E-state index contributed by atoms with van der Waals surface area (Å²) in [5.74, 6) is 1.94. The molecule has 0 aromatic carbocycles. The second kappa shape index (κ2) is 7.13. The molecule has 2 bridgehead atoms. The first kappa shape index (κ1) is 16.1. The van der Waals surface area contributed by atoms with Crippen LogP contribution in [-0.2, 0) is 4.79 Å². The monoisotopic (exact) mass is 300 g/mol. The normalized spacial score (nSPS) is 37.9. The molecule has 3 aliphatic rings. The summed E-state index contributed by atoms with van der Waals surface area (Å²) >= 11 is 0. The van der Waals surface area contributed by atoms with Crippen molar-refractivity contribution in [1.29, 1.82) is 0 Å². The average Bonchev–Trinajstić information content (AvgIpc) is 2.41. The lowest BCUT2D eigenvalue weighted by molar-refractivity contribution is -0.128. The van der Waals surface area contributed by atoms with E-state index < -0.39 is 0 Å². The molecule has 3 aliphatic carbocycles. The lowest BCUT2D eigenvalue weighted by Crippen LogP contribution is -2.54. The van der Waals surface area contributed by atoms with Gasteiger partial charge in [-0.2, -0.15) is 0 Å². The van der Waals surface area contributed by atoms with Gasteiger partial charge in [0, 0.05) is 18.0 Å². The Hall–Kier alpha value is -0.280. The third-order valence-electron chi connectivity index (χ3n) is 5.66. The number of hydrogen-bond donors (Lipinski definition) is 2. The number of hydrogen-bond acceptors (Lipinski definition) is 2. The van der Waals surface area contributed by atoms with Crippen molar-refractivity contribution in [2.75, 3.05) is 0 Å². The maximum Gasteiger partial charge on any atom is 0.223 e. The van der Waals surface area contributed by atoms with Crippen molar-refractivity contribution >= 4 is 18.3 Å². The third-order valence-corrected chi connectivity index (χ3v) is 5.66. The van der Waals surface area contributed by atoms with Gasteiger partial charge >= 0.3 is 0 Å². The summed E-state index contributed by atoms with van der Waals surface area (Å²) in [5, 5.41) is 3.42. The van der Waals surface area contributed by atoms with E-state index in [0.717, 1.165) is 25.7 Å². The van der Waals surface area contributed by atoms with Crippen LogP contribution in [-0.4, -0.2) is 18.0 Å². The molecule has 3 fully saturated rings. The van der Waals surface area contributed by atoms with Crippen molar-refractivity contribution in [3.8, 4) is 0 Å². The van der Waals surface area contributed by atoms with Crippen molar-refractivity contribution in [3.63, 3.8) is 0 Å². The number of carbonyl (C=O) groups excluding carboxylic acids is 1. The van der Waals surface area contributed by atoms with Crippen molar-refractivity contribution in [2.24, 2.45) is 23.5 Å². The van der Waals surface area contributed by atoms with Gasteiger partial charge in [0.25, 0.3) is 0 Å². The van der Waals surface area contributed by atoms with Gasteiger partial charge in [0.1, 0.15) is 0 Å². The van der Waals surface area contributed by atoms with Gasteiger partial charge in [0.2, 0.25) is 5.91 Å². The first-order valence-electron chi connectivity index (χ1n) is 8.30. The Labute approximate surface area is 128 Å². The van der Waals surface area contributed by atoms with E-state index in [-0.39, 0.29) is 12.4 Å². The van der Waals surface area contributed by atoms with Crippen LogP contribution < -0.4 is 11.1 Å². The van der Waals surface area contributed by atoms with E-state index in [9.17, 15) is 4.79 Å². The molecule has 116 valence electrons. The molecule has 0 aromatic heterocycles. The number of nitrogens with one attached hydrogen (secondary N) is 1. The molecule has 3 rings (SSSR count). The van der Waals surface area contributed by atoms with Gasteiger partial charge in [-0.05, 0) is 50.4 Å². The van der Waals surface area contributed by atoms with Crippen molar-refractivity contribution in [3.05, 3.63) is 0 Å². The summed E-state index contributed by atoms with van der Waals surface area (Å²) in [6, 6.07) is 0.807. The average molecular weight is 301 g/mol. The zero-order valence-corrected chi connectivity index (χ0v) is 13.2. The predicted molar refractivity (Wildman–Crippen MR) is 83.8 cm³/mol. The summed E-state index contributed by atoms with van der Waals surface area (Å²) in [4.78, 5) is 12.4. The first-order chi connectivity index (χ1) is 9.24. The van der Waals surface area contributed by atoms with E-state index in [0.29, 0.717) is 35.7 Å². The zero-order valence-electron chi connectivity index (χ0n) is 12.4. The Morgan fingerprint density at radius 3 is 2.10 bits per heavy atom. The van der Waals surface area contributed by atoms with Gasteiger partial charge in [-0.15, -0.1) is 12.4 Å². The van der Waals surface area contributed by atoms with E-state index in [4.69, 9.17) is 5.73 Å². The second-order valence-corrected chi connectivity index (χ2v) is 7.05. The van der Waals surface area contributed by atoms with Crippen molar-refractivity contribution in [1.82, 2.24) is 5.32 Å². The highest BCUT2D eigenvalue weighted by Crippen LogP contribution is 2.40. The minimum atomic E-state index is 0. The van der Waals surface area contributed by atoms with Crippen LogP contribution >= 0.6 is 12.4 Å². The molecule has 2 unspecified atom stereocenters. The molecular weight excluding hydrogens is 272 g/mol. The number of nitrogens with two attached hydrogens (primary N) is 1. The fourth-order valence-electron chi connectivity index (χ4n) is 4.67. The van der Waals surface area contributed by atoms with Crippen LogP contribution in [0.5, 0.6) is 0 Å². The molecule has 0 spiro atoms. The molecule has 0 heterocycles. The van der Waals surface area contributed by atoms with E-state index in [1.807, 2.05) is 0 Å². The van der Waals surface area contributed by atoms with Gasteiger partial charge in [0.15, 0.2) is 0 Å². The molecule has 3 nitrogen and oxygen atoms in total. The van der Waals surface area contributed by atoms with Crippen LogP contribution in [0.1, 0.15) is 64.2 Å². The molecule has 3 N–H and O–H groups in total. The highest BCUT2D eigenvalue weighted by molar-refractivity contribution is 5.85. The molecule has 0 aromatic rings. The van der Waals surface area contributed by atoms with Crippen LogP contribution in [0.4, 0.5) is 0 Å². The number of fused-ring (bicyclic) bond motifs is 2. The summed E-state index contributed by atoms with van der Waals surface area (Å²) in [6.45, 7) is 0. The maximum atomic E-state index is 12.4. The Balaban J connectivity index is 0.00000147. The molecular formula is C16H29ClN2O. The van der Waals surface area contributed by atoms with Crippen LogP contribution in [0.2, 0.25) is 0 Å². The Morgan fingerprint density at radius 2 is 1.50 bits per heavy atom. The second-order valence-electron chi connectivity index (χ2n) is 7.05. The van der Waals surface area contributed by atoms with E-state index in [1.54, 1.807) is 0 Å². The fraction of sp³-hybridized carbons (Fsp3) is 0.938. The SMILES string of the molecule is Cl.NC1CC2CCCC(C1)C2NC(=O)C1CCCCC1. The predicted octanol–water partition coefficient (Wildman–Crippen LogP) is 3.01. The molecule has 0 aliphatic heterocycles. The van der Waals surface area contributed by atoms with Crippen molar-refractivity contribution < 1.29 is 4.79 Å². The zero-order chi connectivity index (χ0) is 13.2. The minimum absolute atomic E-state index is 0. The molecule has 0 radical (unpaired) electrons. The summed E-state index contributed by atoms with van der Waals surface area (Å²) in [6.07, 6.45) is 12.1. The smallest absolute Gasteiger partial charge is 0.223 e. The quantitative estimate of drug-likeness (QED) is 0.823. The van der Waals surface area contributed by atoms with Crippen LogP contribution in [0.15, 0.2) is 0 Å². The number of halogens is 1.